The van der Waals surface area contributed by atoms with Crippen LogP contribution in [0.15, 0.2) is 18.2 Å². The van der Waals surface area contributed by atoms with Crippen LogP contribution in [-0.4, -0.2) is 39.7 Å². The standard InChI is InChI=1S/C14H18N2O5S/c1-3-21-14(18)13(17)15-11-7-6-10-5-4-8-16(12(10)9-11)22(2,19)20/h6-7,9H,3-5,8H2,1-2H3,(H,15,17). The number of ether oxygens (including phenoxy) is 1. The molecule has 0 fully saturated rings. The van der Waals surface area contributed by atoms with Crippen molar-refractivity contribution in [1.82, 2.24) is 0 Å². The Morgan fingerprint density at radius 2 is 2.09 bits per heavy atom. The molecule has 1 aliphatic rings. The largest absolute Gasteiger partial charge is 0.459 e. The van der Waals surface area contributed by atoms with E-state index in [1.54, 1.807) is 25.1 Å². The molecular weight excluding hydrogens is 308 g/mol. The van der Waals surface area contributed by atoms with Crippen molar-refractivity contribution < 1.29 is 22.7 Å². The summed E-state index contributed by atoms with van der Waals surface area (Å²) < 4.78 is 29.6. The first-order valence-electron chi connectivity index (χ1n) is 6.91. The number of benzene rings is 1. The zero-order chi connectivity index (χ0) is 16.3. The average Bonchev–Trinajstić information content (AvgIpc) is 2.45. The Morgan fingerprint density at radius 3 is 2.73 bits per heavy atom. The number of hydrogen-bond acceptors (Lipinski definition) is 5. The number of esters is 1. The topological polar surface area (TPSA) is 92.8 Å². The third-order valence-electron chi connectivity index (χ3n) is 3.28. The molecule has 0 saturated carbocycles. The highest BCUT2D eigenvalue weighted by Crippen LogP contribution is 2.31. The van der Waals surface area contributed by atoms with E-state index >= 15 is 0 Å². The van der Waals surface area contributed by atoms with Gasteiger partial charge in [-0.25, -0.2) is 13.2 Å². The lowest BCUT2D eigenvalue weighted by molar-refractivity contribution is -0.152. The highest BCUT2D eigenvalue weighted by molar-refractivity contribution is 7.92. The van der Waals surface area contributed by atoms with Crippen LogP contribution >= 0.6 is 0 Å². The summed E-state index contributed by atoms with van der Waals surface area (Å²) in [6.45, 7) is 2.12. The molecule has 8 heteroatoms. The normalized spacial score (nSPS) is 14.2. The Bertz CT molecular complexity index is 699. The number of hydrogen-bond donors (Lipinski definition) is 1. The minimum absolute atomic E-state index is 0.109. The molecule has 1 aromatic carbocycles. The van der Waals surface area contributed by atoms with Crippen molar-refractivity contribution in [2.24, 2.45) is 0 Å². The number of carbonyl (C=O) groups is 2. The van der Waals surface area contributed by atoms with Crippen molar-refractivity contribution in [3.8, 4) is 0 Å². The first-order valence-corrected chi connectivity index (χ1v) is 8.76. The lowest BCUT2D eigenvalue weighted by Crippen LogP contribution is -2.34. The van der Waals surface area contributed by atoms with Crippen LogP contribution in [-0.2, 0) is 30.8 Å². The fourth-order valence-electron chi connectivity index (χ4n) is 2.34. The first-order chi connectivity index (χ1) is 10.3. The molecule has 1 aromatic rings. The first kappa shape index (κ1) is 16.3. The van der Waals surface area contributed by atoms with Crippen LogP contribution in [0.25, 0.3) is 0 Å². The van der Waals surface area contributed by atoms with Gasteiger partial charge in [-0.3, -0.25) is 9.10 Å². The molecule has 1 amide bonds. The third kappa shape index (κ3) is 3.56. The van der Waals surface area contributed by atoms with Crippen LogP contribution in [0.2, 0.25) is 0 Å². The summed E-state index contributed by atoms with van der Waals surface area (Å²) in [6, 6.07) is 4.96. The number of nitrogens with zero attached hydrogens (tertiary/aromatic N) is 1. The van der Waals surface area contributed by atoms with Crippen LogP contribution < -0.4 is 9.62 Å². The SMILES string of the molecule is CCOC(=O)C(=O)Nc1ccc2c(c1)N(S(C)(=O)=O)CCC2. The molecule has 2 rings (SSSR count). The van der Waals surface area contributed by atoms with Gasteiger partial charge in [0, 0.05) is 12.2 Å². The Balaban J connectivity index is 2.27. The maximum atomic E-state index is 11.8. The van der Waals surface area contributed by atoms with E-state index in [1.807, 2.05) is 0 Å². The van der Waals surface area contributed by atoms with Crippen LogP contribution in [0, 0.1) is 0 Å². The van der Waals surface area contributed by atoms with Gasteiger partial charge < -0.3 is 10.1 Å². The number of carbonyl (C=O) groups excluding carboxylic acids is 2. The molecule has 1 aliphatic heterocycles. The molecule has 0 radical (unpaired) electrons. The second-order valence-corrected chi connectivity index (χ2v) is 6.86. The second-order valence-electron chi connectivity index (χ2n) is 4.96. The summed E-state index contributed by atoms with van der Waals surface area (Å²) in [4.78, 5) is 23.0. The fourth-order valence-corrected chi connectivity index (χ4v) is 3.33. The van der Waals surface area contributed by atoms with Gasteiger partial charge in [0.25, 0.3) is 0 Å². The van der Waals surface area contributed by atoms with Gasteiger partial charge >= 0.3 is 11.9 Å². The quantitative estimate of drug-likeness (QED) is 0.658. The van der Waals surface area contributed by atoms with Crippen molar-refractivity contribution >= 4 is 33.3 Å². The van der Waals surface area contributed by atoms with Crippen molar-refractivity contribution in [3.05, 3.63) is 23.8 Å². The van der Waals surface area contributed by atoms with E-state index in [-0.39, 0.29) is 6.61 Å². The van der Waals surface area contributed by atoms with E-state index in [9.17, 15) is 18.0 Å². The van der Waals surface area contributed by atoms with Crippen molar-refractivity contribution in [1.29, 1.82) is 0 Å². The minimum Gasteiger partial charge on any atom is -0.459 e. The summed E-state index contributed by atoms with van der Waals surface area (Å²) in [6.07, 6.45) is 2.66. The molecule has 0 unspecified atom stereocenters. The number of amides is 1. The number of rotatable bonds is 3. The second kappa shape index (κ2) is 6.35. The number of fused-ring (bicyclic) bond motifs is 1. The maximum absolute atomic E-state index is 11.8. The highest BCUT2D eigenvalue weighted by Gasteiger charge is 2.24. The highest BCUT2D eigenvalue weighted by atomic mass is 32.2. The summed E-state index contributed by atoms with van der Waals surface area (Å²) in [5, 5.41) is 2.41. The lowest BCUT2D eigenvalue weighted by Gasteiger charge is -2.29. The molecule has 1 N–H and O–H groups in total. The van der Waals surface area contributed by atoms with Gasteiger partial charge in [0.1, 0.15) is 0 Å². The Hall–Kier alpha value is -2.09. The molecule has 0 saturated heterocycles. The summed E-state index contributed by atoms with van der Waals surface area (Å²) in [7, 11) is -3.38. The van der Waals surface area contributed by atoms with E-state index in [2.05, 4.69) is 10.1 Å². The number of sulfonamides is 1. The van der Waals surface area contributed by atoms with Gasteiger partial charge in [-0.2, -0.15) is 0 Å². The molecule has 22 heavy (non-hydrogen) atoms. The predicted molar refractivity (Wildman–Crippen MR) is 82.2 cm³/mol. The van der Waals surface area contributed by atoms with E-state index in [1.165, 1.54) is 4.31 Å². The molecule has 0 aromatic heterocycles. The predicted octanol–water partition coefficient (Wildman–Crippen LogP) is 0.900. The van der Waals surface area contributed by atoms with Gasteiger partial charge in [0.05, 0.1) is 18.6 Å². The summed E-state index contributed by atoms with van der Waals surface area (Å²) >= 11 is 0. The van der Waals surface area contributed by atoms with E-state index in [0.717, 1.165) is 24.7 Å². The Labute approximate surface area is 129 Å². The van der Waals surface area contributed by atoms with Crippen LogP contribution in [0.3, 0.4) is 0 Å². The Kier molecular flexibility index (Phi) is 4.70. The molecular formula is C14H18N2O5S. The summed E-state index contributed by atoms with van der Waals surface area (Å²) in [5.74, 6) is -1.86. The smallest absolute Gasteiger partial charge is 0.397 e. The molecule has 0 atom stereocenters. The maximum Gasteiger partial charge on any atom is 0.397 e. The van der Waals surface area contributed by atoms with Crippen LogP contribution in [0.1, 0.15) is 18.9 Å². The monoisotopic (exact) mass is 326 g/mol. The van der Waals surface area contributed by atoms with Gasteiger partial charge in [-0.1, -0.05) is 6.07 Å². The van der Waals surface area contributed by atoms with Crippen molar-refractivity contribution in [2.75, 3.05) is 29.0 Å². The van der Waals surface area contributed by atoms with Crippen molar-refractivity contribution in [2.45, 2.75) is 19.8 Å². The lowest BCUT2D eigenvalue weighted by atomic mass is 10.0. The number of aryl methyl sites for hydroxylation is 1. The third-order valence-corrected chi connectivity index (χ3v) is 4.46. The minimum atomic E-state index is -3.38. The Morgan fingerprint density at radius 1 is 1.36 bits per heavy atom. The van der Waals surface area contributed by atoms with Gasteiger partial charge in [0.2, 0.25) is 10.0 Å². The van der Waals surface area contributed by atoms with Gasteiger partial charge in [-0.15, -0.1) is 0 Å². The molecule has 1 heterocycles. The van der Waals surface area contributed by atoms with E-state index < -0.39 is 21.9 Å². The van der Waals surface area contributed by atoms with Gasteiger partial charge in [0.15, 0.2) is 0 Å². The van der Waals surface area contributed by atoms with Crippen LogP contribution in [0.5, 0.6) is 0 Å². The van der Waals surface area contributed by atoms with Gasteiger partial charge in [-0.05, 0) is 37.5 Å². The molecule has 0 bridgehead atoms. The van der Waals surface area contributed by atoms with E-state index in [4.69, 9.17) is 0 Å². The van der Waals surface area contributed by atoms with E-state index in [0.29, 0.717) is 17.9 Å². The molecule has 120 valence electrons. The zero-order valence-electron chi connectivity index (χ0n) is 12.5. The molecule has 0 spiro atoms. The average molecular weight is 326 g/mol. The number of nitrogens with one attached hydrogen (secondary N) is 1. The molecule has 7 nitrogen and oxygen atoms in total. The number of anilines is 2. The zero-order valence-corrected chi connectivity index (χ0v) is 13.3. The molecule has 0 aliphatic carbocycles. The summed E-state index contributed by atoms with van der Waals surface area (Å²) in [5.41, 5.74) is 1.79. The van der Waals surface area contributed by atoms with Crippen LogP contribution in [0.4, 0.5) is 11.4 Å². The van der Waals surface area contributed by atoms with Crippen molar-refractivity contribution in [3.63, 3.8) is 0 Å². The fraction of sp³-hybridized carbons (Fsp3) is 0.429.